The lowest BCUT2D eigenvalue weighted by atomic mass is 9.83. The van der Waals surface area contributed by atoms with Crippen molar-refractivity contribution in [3.05, 3.63) is 23.3 Å². The molecular formula is C13H13F3O4. The first-order chi connectivity index (χ1) is 9.13. The maximum Gasteiger partial charge on any atom is 0.416 e. The minimum atomic E-state index is -4.58. The van der Waals surface area contributed by atoms with Crippen LogP contribution in [0.4, 0.5) is 13.2 Å². The maximum absolute atomic E-state index is 13.0. The fourth-order valence-electron chi connectivity index (χ4n) is 1.99. The minimum Gasteiger partial charge on any atom is -0.481 e. The Morgan fingerprint density at radius 3 is 2.50 bits per heavy atom. The van der Waals surface area contributed by atoms with E-state index in [0.717, 1.165) is 6.07 Å². The second-order valence-corrected chi connectivity index (χ2v) is 5.19. The van der Waals surface area contributed by atoms with Gasteiger partial charge in [0, 0.05) is 5.56 Å². The maximum atomic E-state index is 13.0. The van der Waals surface area contributed by atoms with Gasteiger partial charge in [-0.05, 0) is 32.4 Å². The van der Waals surface area contributed by atoms with Gasteiger partial charge in [-0.2, -0.15) is 13.2 Å². The molecule has 1 aliphatic rings. The summed E-state index contributed by atoms with van der Waals surface area (Å²) < 4.78 is 49.3. The van der Waals surface area contributed by atoms with E-state index < -0.39 is 23.1 Å². The van der Waals surface area contributed by atoms with Crippen molar-refractivity contribution < 1.29 is 32.5 Å². The Hall–Kier alpha value is -1.92. The Kier molecular flexibility index (Phi) is 3.31. The number of hydrogen-bond donors (Lipinski definition) is 1. The van der Waals surface area contributed by atoms with Crippen LogP contribution in [-0.2, 0) is 17.4 Å². The highest BCUT2D eigenvalue weighted by molar-refractivity contribution is 5.74. The van der Waals surface area contributed by atoms with Crippen molar-refractivity contribution in [1.29, 1.82) is 0 Å². The Morgan fingerprint density at radius 1 is 1.30 bits per heavy atom. The van der Waals surface area contributed by atoms with E-state index in [9.17, 15) is 18.0 Å². The number of carboxylic acid groups (broad SMARTS) is 1. The topological polar surface area (TPSA) is 55.8 Å². The second-order valence-electron chi connectivity index (χ2n) is 5.19. The molecule has 0 bridgehead atoms. The summed E-state index contributed by atoms with van der Waals surface area (Å²) in [4.78, 5) is 11.1. The number of halogens is 3. The van der Waals surface area contributed by atoms with Gasteiger partial charge < -0.3 is 14.6 Å². The van der Waals surface area contributed by atoms with Gasteiger partial charge in [-0.1, -0.05) is 0 Å². The number of fused-ring (bicyclic) bond motifs is 1. The van der Waals surface area contributed by atoms with Gasteiger partial charge in [-0.25, -0.2) is 0 Å². The SMILES string of the molecule is CC(C)(Cc1c(C(F)(F)F)ccc2c1OCO2)C(=O)O. The zero-order chi connectivity index (χ0) is 15.1. The van der Waals surface area contributed by atoms with Crippen LogP contribution in [-0.4, -0.2) is 17.9 Å². The van der Waals surface area contributed by atoms with Crippen LogP contribution in [0, 0.1) is 5.41 Å². The highest BCUT2D eigenvalue weighted by atomic mass is 19.4. The summed E-state index contributed by atoms with van der Waals surface area (Å²) in [5, 5.41) is 9.09. The molecule has 0 fully saturated rings. The normalized spacial score (nSPS) is 14.4. The molecule has 0 radical (unpaired) electrons. The number of hydrogen-bond acceptors (Lipinski definition) is 3. The van der Waals surface area contributed by atoms with Crippen LogP contribution in [0.3, 0.4) is 0 Å². The molecule has 0 saturated carbocycles. The molecular weight excluding hydrogens is 277 g/mol. The number of rotatable bonds is 3. The first kappa shape index (κ1) is 14.5. The van der Waals surface area contributed by atoms with E-state index in [4.69, 9.17) is 14.6 Å². The van der Waals surface area contributed by atoms with Gasteiger partial charge in [-0.15, -0.1) is 0 Å². The van der Waals surface area contributed by atoms with Gasteiger partial charge in [0.1, 0.15) is 0 Å². The van der Waals surface area contributed by atoms with Gasteiger partial charge in [0.05, 0.1) is 11.0 Å². The molecule has 20 heavy (non-hydrogen) atoms. The summed E-state index contributed by atoms with van der Waals surface area (Å²) >= 11 is 0. The third kappa shape index (κ3) is 2.52. The van der Waals surface area contributed by atoms with E-state index in [2.05, 4.69) is 0 Å². The Balaban J connectivity index is 2.55. The van der Waals surface area contributed by atoms with E-state index in [0.29, 0.717) is 0 Å². The summed E-state index contributed by atoms with van der Waals surface area (Å²) in [5.41, 5.74) is -2.42. The molecule has 1 aliphatic heterocycles. The van der Waals surface area contributed by atoms with Gasteiger partial charge in [0.15, 0.2) is 11.5 Å². The molecule has 1 aromatic carbocycles. The largest absolute Gasteiger partial charge is 0.481 e. The van der Waals surface area contributed by atoms with Crippen LogP contribution < -0.4 is 9.47 Å². The lowest BCUT2D eigenvalue weighted by molar-refractivity contribution is -0.148. The van der Waals surface area contributed by atoms with E-state index >= 15 is 0 Å². The first-order valence-electron chi connectivity index (χ1n) is 5.85. The molecule has 1 heterocycles. The molecule has 0 saturated heterocycles. The molecule has 0 aliphatic carbocycles. The van der Waals surface area contributed by atoms with Crippen molar-refractivity contribution in [2.75, 3.05) is 6.79 Å². The van der Waals surface area contributed by atoms with Crippen molar-refractivity contribution in [2.45, 2.75) is 26.4 Å². The van der Waals surface area contributed by atoms with Crippen LogP contribution in [0.5, 0.6) is 11.5 Å². The highest BCUT2D eigenvalue weighted by Gasteiger charge is 2.40. The zero-order valence-electron chi connectivity index (χ0n) is 10.9. The third-order valence-electron chi connectivity index (χ3n) is 3.15. The molecule has 2 rings (SSSR count). The summed E-state index contributed by atoms with van der Waals surface area (Å²) in [6.45, 7) is 2.56. The van der Waals surface area contributed by atoms with Crippen molar-refractivity contribution in [2.24, 2.45) is 5.41 Å². The minimum absolute atomic E-state index is 0.0193. The van der Waals surface area contributed by atoms with Gasteiger partial charge >= 0.3 is 12.1 Å². The number of alkyl halides is 3. The van der Waals surface area contributed by atoms with Gasteiger partial charge in [-0.3, -0.25) is 4.79 Å². The molecule has 0 aromatic heterocycles. The quantitative estimate of drug-likeness (QED) is 0.929. The number of carbonyl (C=O) groups is 1. The van der Waals surface area contributed by atoms with Crippen molar-refractivity contribution in [3.63, 3.8) is 0 Å². The predicted octanol–water partition coefficient (Wildman–Crippen LogP) is 3.09. The smallest absolute Gasteiger partial charge is 0.416 e. The Morgan fingerprint density at radius 2 is 1.95 bits per heavy atom. The van der Waals surface area contributed by atoms with Crippen LogP contribution in [0.2, 0.25) is 0 Å². The highest BCUT2D eigenvalue weighted by Crippen LogP contribution is 2.45. The zero-order valence-corrected chi connectivity index (χ0v) is 10.9. The lowest BCUT2D eigenvalue weighted by Gasteiger charge is -2.22. The average molecular weight is 290 g/mol. The number of aliphatic carboxylic acids is 1. The standard InChI is InChI=1S/C13H13F3O4/c1-12(2,11(17)18)5-7-8(13(14,15)16)3-4-9-10(7)20-6-19-9/h3-4H,5-6H2,1-2H3,(H,17,18). The Bertz CT molecular complexity index is 549. The lowest BCUT2D eigenvalue weighted by Crippen LogP contribution is -2.27. The summed E-state index contributed by atoms with van der Waals surface area (Å²) in [7, 11) is 0. The van der Waals surface area contributed by atoms with E-state index in [1.54, 1.807) is 0 Å². The van der Waals surface area contributed by atoms with E-state index in [1.165, 1.54) is 19.9 Å². The fraction of sp³-hybridized carbons (Fsp3) is 0.462. The number of ether oxygens (including phenoxy) is 2. The van der Waals surface area contributed by atoms with Crippen LogP contribution in [0.1, 0.15) is 25.0 Å². The molecule has 1 aromatic rings. The monoisotopic (exact) mass is 290 g/mol. The van der Waals surface area contributed by atoms with Crippen molar-refractivity contribution >= 4 is 5.97 Å². The summed E-state index contributed by atoms with van der Waals surface area (Å²) in [5.74, 6) is -0.995. The molecule has 0 amide bonds. The molecule has 7 heteroatoms. The van der Waals surface area contributed by atoms with Crippen molar-refractivity contribution in [1.82, 2.24) is 0 Å². The summed E-state index contributed by atoms with van der Waals surface area (Å²) in [6.07, 6.45) is -4.88. The van der Waals surface area contributed by atoms with Crippen LogP contribution in [0.25, 0.3) is 0 Å². The molecule has 4 nitrogen and oxygen atoms in total. The van der Waals surface area contributed by atoms with Crippen LogP contribution >= 0.6 is 0 Å². The predicted molar refractivity (Wildman–Crippen MR) is 62.7 cm³/mol. The average Bonchev–Trinajstić information content (AvgIpc) is 2.75. The fourth-order valence-corrected chi connectivity index (χ4v) is 1.99. The molecule has 1 N–H and O–H groups in total. The second kappa shape index (κ2) is 4.57. The van der Waals surface area contributed by atoms with E-state index in [-0.39, 0.29) is 30.3 Å². The summed E-state index contributed by atoms with van der Waals surface area (Å²) in [6, 6.07) is 2.07. The van der Waals surface area contributed by atoms with Gasteiger partial charge in [0.2, 0.25) is 6.79 Å². The van der Waals surface area contributed by atoms with Gasteiger partial charge in [0.25, 0.3) is 0 Å². The van der Waals surface area contributed by atoms with E-state index in [1.807, 2.05) is 0 Å². The first-order valence-corrected chi connectivity index (χ1v) is 5.85. The van der Waals surface area contributed by atoms with Crippen LogP contribution in [0.15, 0.2) is 12.1 Å². The molecule has 0 unspecified atom stereocenters. The number of benzene rings is 1. The number of carboxylic acids is 1. The van der Waals surface area contributed by atoms with Crippen molar-refractivity contribution in [3.8, 4) is 11.5 Å². The molecule has 0 atom stereocenters. The third-order valence-corrected chi connectivity index (χ3v) is 3.15. The Labute approximate surface area is 113 Å². The molecule has 0 spiro atoms. The molecule has 110 valence electrons.